The maximum absolute atomic E-state index is 11.7. The second-order valence-corrected chi connectivity index (χ2v) is 3.31. The Hall–Kier alpha value is -2.17. The first-order valence-corrected chi connectivity index (χ1v) is 4.69. The van der Waals surface area contributed by atoms with Gasteiger partial charge in [0, 0.05) is 5.92 Å². The molecule has 0 bridgehead atoms. The lowest BCUT2D eigenvalue weighted by Gasteiger charge is -2.09. The van der Waals surface area contributed by atoms with Gasteiger partial charge >= 0.3 is 0 Å². The van der Waals surface area contributed by atoms with Gasteiger partial charge in [-0.3, -0.25) is 9.59 Å². The van der Waals surface area contributed by atoms with Crippen LogP contribution in [0.1, 0.15) is 18.4 Å². The van der Waals surface area contributed by atoms with Crippen molar-refractivity contribution in [2.24, 2.45) is 10.9 Å². The van der Waals surface area contributed by atoms with E-state index in [-0.39, 0.29) is 0 Å². The lowest BCUT2D eigenvalue weighted by atomic mass is 9.94. The summed E-state index contributed by atoms with van der Waals surface area (Å²) in [6.07, 6.45) is 0. The van der Waals surface area contributed by atoms with Crippen molar-refractivity contribution in [1.82, 2.24) is 0 Å². The summed E-state index contributed by atoms with van der Waals surface area (Å²) < 4.78 is 0. The Labute approximate surface area is 92.6 Å². The molecule has 0 fully saturated rings. The number of hydrogen-bond donors (Lipinski definition) is 2. The lowest BCUT2D eigenvalue weighted by Crippen LogP contribution is -2.33. The molecule has 1 rings (SSSR count). The quantitative estimate of drug-likeness (QED) is 0.338. The van der Waals surface area contributed by atoms with Gasteiger partial charge < -0.3 is 10.9 Å². The van der Waals surface area contributed by atoms with Crippen LogP contribution in [0.5, 0.6) is 0 Å². The monoisotopic (exact) mass is 220 g/mol. The lowest BCUT2D eigenvalue weighted by molar-refractivity contribution is -0.117. The number of oxime groups is 1. The van der Waals surface area contributed by atoms with E-state index in [0.29, 0.717) is 0 Å². The number of Topliss-reactive ketones (excluding diaryl/α,β-unsaturated/α-hetero) is 1. The maximum Gasteiger partial charge on any atom is 0.274 e. The number of primary amides is 1. The van der Waals surface area contributed by atoms with Gasteiger partial charge in [0.15, 0.2) is 5.78 Å². The average molecular weight is 220 g/mol. The molecule has 16 heavy (non-hydrogen) atoms. The highest BCUT2D eigenvalue weighted by molar-refractivity contribution is 6.66. The smallest absolute Gasteiger partial charge is 0.274 e. The number of carbonyl (C=O) groups excluding carboxylic acids is 2. The normalized spacial score (nSPS) is 13.2. The van der Waals surface area contributed by atoms with Gasteiger partial charge in [0.25, 0.3) is 5.91 Å². The zero-order valence-corrected chi connectivity index (χ0v) is 8.75. The Morgan fingerprint density at radius 2 is 1.88 bits per heavy atom. The van der Waals surface area contributed by atoms with Crippen molar-refractivity contribution in [3.63, 3.8) is 0 Å². The summed E-state index contributed by atoms with van der Waals surface area (Å²) in [5.41, 5.74) is 5.02. The van der Waals surface area contributed by atoms with E-state index in [1.54, 1.807) is 31.2 Å². The van der Waals surface area contributed by atoms with Gasteiger partial charge in [-0.25, -0.2) is 0 Å². The van der Waals surface area contributed by atoms with Crippen LogP contribution in [-0.2, 0) is 9.59 Å². The number of hydrogen-bond acceptors (Lipinski definition) is 4. The van der Waals surface area contributed by atoms with Gasteiger partial charge in [-0.1, -0.05) is 42.4 Å². The van der Waals surface area contributed by atoms with E-state index in [4.69, 9.17) is 10.9 Å². The number of carbonyl (C=O) groups is 2. The van der Waals surface area contributed by atoms with E-state index in [1.807, 2.05) is 6.07 Å². The zero-order chi connectivity index (χ0) is 12.1. The Morgan fingerprint density at radius 1 is 1.31 bits per heavy atom. The molecule has 0 aromatic heterocycles. The molecule has 5 heteroatoms. The third-order valence-corrected chi connectivity index (χ3v) is 2.26. The van der Waals surface area contributed by atoms with Crippen LogP contribution in [-0.4, -0.2) is 22.6 Å². The predicted octanol–water partition coefficient (Wildman–Crippen LogP) is 0.675. The molecule has 1 aromatic rings. The molecular formula is C11H12N2O3. The van der Waals surface area contributed by atoms with Crippen LogP contribution >= 0.6 is 0 Å². The summed E-state index contributed by atoms with van der Waals surface area (Å²) in [5, 5.41) is 11.2. The number of rotatable bonds is 4. The second-order valence-electron chi connectivity index (χ2n) is 3.31. The van der Waals surface area contributed by atoms with E-state index in [1.165, 1.54) is 0 Å². The third kappa shape index (κ3) is 2.44. The fraction of sp³-hybridized carbons (Fsp3) is 0.182. The molecule has 0 spiro atoms. The molecule has 1 amide bonds. The van der Waals surface area contributed by atoms with Crippen LogP contribution in [0.15, 0.2) is 35.5 Å². The zero-order valence-electron chi connectivity index (χ0n) is 8.75. The molecule has 0 heterocycles. The number of nitrogens with zero attached hydrogens (tertiary/aromatic N) is 1. The Morgan fingerprint density at radius 3 is 2.31 bits per heavy atom. The molecule has 84 valence electrons. The number of benzene rings is 1. The molecule has 0 aliphatic heterocycles. The van der Waals surface area contributed by atoms with Crippen molar-refractivity contribution in [1.29, 1.82) is 0 Å². The van der Waals surface area contributed by atoms with E-state index < -0.39 is 23.3 Å². The summed E-state index contributed by atoms with van der Waals surface area (Å²) in [6.45, 7) is 1.62. The van der Waals surface area contributed by atoms with Gasteiger partial charge in [0.05, 0.1) is 0 Å². The predicted molar refractivity (Wildman–Crippen MR) is 58.3 cm³/mol. The molecule has 0 aliphatic carbocycles. The highest BCUT2D eigenvalue weighted by atomic mass is 16.4. The Bertz CT molecular complexity index is 426. The second kappa shape index (κ2) is 5.06. The summed E-state index contributed by atoms with van der Waals surface area (Å²) in [5.74, 6) is -2.20. The maximum atomic E-state index is 11.7. The molecule has 0 aliphatic rings. The first kappa shape index (κ1) is 11.9. The SMILES string of the molecule is CC(C(=O)C(=NO)C(N)=O)c1ccccc1. The van der Waals surface area contributed by atoms with Crippen molar-refractivity contribution in [3.05, 3.63) is 35.9 Å². The standard InChI is InChI=1S/C11H12N2O3/c1-7(8-5-3-2-4-6-8)10(14)9(13-16)11(12)15/h2-7,16H,1H3,(H2,12,15). The first-order valence-electron chi connectivity index (χ1n) is 4.69. The van der Waals surface area contributed by atoms with Crippen LogP contribution in [0.4, 0.5) is 0 Å². The fourth-order valence-corrected chi connectivity index (χ4v) is 1.32. The first-order chi connectivity index (χ1) is 7.57. The largest absolute Gasteiger partial charge is 0.410 e. The van der Waals surface area contributed by atoms with E-state index in [0.717, 1.165) is 5.56 Å². The van der Waals surface area contributed by atoms with Crippen LogP contribution in [0.25, 0.3) is 0 Å². The minimum Gasteiger partial charge on any atom is -0.410 e. The highest BCUT2D eigenvalue weighted by Crippen LogP contribution is 2.16. The molecule has 1 unspecified atom stereocenters. The van der Waals surface area contributed by atoms with E-state index in [9.17, 15) is 9.59 Å². The van der Waals surface area contributed by atoms with E-state index >= 15 is 0 Å². The topological polar surface area (TPSA) is 92.8 Å². The Kier molecular flexibility index (Phi) is 3.77. The van der Waals surface area contributed by atoms with Gasteiger partial charge in [0.2, 0.25) is 5.71 Å². The molecule has 0 saturated carbocycles. The molecule has 3 N–H and O–H groups in total. The van der Waals surface area contributed by atoms with Crippen molar-refractivity contribution >= 4 is 17.4 Å². The highest BCUT2D eigenvalue weighted by Gasteiger charge is 2.25. The van der Waals surface area contributed by atoms with Crippen LogP contribution < -0.4 is 5.73 Å². The average Bonchev–Trinajstić information content (AvgIpc) is 2.29. The molecule has 0 radical (unpaired) electrons. The molecule has 0 saturated heterocycles. The number of ketones is 1. The Balaban J connectivity index is 2.95. The van der Waals surface area contributed by atoms with Gasteiger partial charge in [-0.2, -0.15) is 0 Å². The number of nitrogens with two attached hydrogens (primary N) is 1. The minimum absolute atomic E-state index is 0.570. The van der Waals surface area contributed by atoms with E-state index in [2.05, 4.69) is 5.16 Å². The van der Waals surface area contributed by atoms with Crippen molar-refractivity contribution < 1.29 is 14.8 Å². The van der Waals surface area contributed by atoms with Crippen LogP contribution in [0.3, 0.4) is 0 Å². The fourth-order valence-electron chi connectivity index (χ4n) is 1.32. The van der Waals surface area contributed by atoms with Gasteiger partial charge in [-0.05, 0) is 5.56 Å². The number of amides is 1. The summed E-state index contributed by atoms with van der Waals surface area (Å²) in [4.78, 5) is 22.5. The van der Waals surface area contributed by atoms with Crippen molar-refractivity contribution in [3.8, 4) is 0 Å². The van der Waals surface area contributed by atoms with Crippen molar-refractivity contribution in [2.45, 2.75) is 12.8 Å². The van der Waals surface area contributed by atoms with Crippen LogP contribution in [0, 0.1) is 0 Å². The molecule has 5 nitrogen and oxygen atoms in total. The molecule has 1 aromatic carbocycles. The van der Waals surface area contributed by atoms with Gasteiger partial charge in [0.1, 0.15) is 0 Å². The summed E-state index contributed by atoms with van der Waals surface area (Å²) in [7, 11) is 0. The molecular weight excluding hydrogens is 208 g/mol. The molecule has 1 atom stereocenters. The minimum atomic E-state index is -1.03. The summed E-state index contributed by atoms with van der Waals surface area (Å²) in [6, 6.07) is 8.87. The van der Waals surface area contributed by atoms with Gasteiger partial charge in [-0.15, -0.1) is 0 Å². The third-order valence-electron chi connectivity index (χ3n) is 2.26. The summed E-state index contributed by atoms with van der Waals surface area (Å²) >= 11 is 0. The van der Waals surface area contributed by atoms with Crippen molar-refractivity contribution in [2.75, 3.05) is 0 Å². The van der Waals surface area contributed by atoms with Crippen LogP contribution in [0.2, 0.25) is 0 Å².